The van der Waals surface area contributed by atoms with Crippen molar-refractivity contribution in [1.82, 2.24) is 5.32 Å². The molecule has 0 aliphatic carbocycles. The number of methoxy groups -OCH3 is 1. The highest BCUT2D eigenvalue weighted by Gasteiger charge is 2.21. The van der Waals surface area contributed by atoms with Crippen molar-refractivity contribution in [3.05, 3.63) is 29.3 Å². The third-order valence-corrected chi connectivity index (χ3v) is 3.99. The van der Waals surface area contributed by atoms with Gasteiger partial charge in [0.1, 0.15) is 5.75 Å². The molecule has 1 aromatic rings. The second-order valence-electron chi connectivity index (χ2n) is 5.60. The van der Waals surface area contributed by atoms with Gasteiger partial charge >= 0.3 is 0 Å². The van der Waals surface area contributed by atoms with E-state index >= 15 is 0 Å². The molecule has 0 aromatic heterocycles. The number of nitrogens with one attached hydrogen (secondary N) is 1. The molecule has 0 aliphatic heterocycles. The van der Waals surface area contributed by atoms with Crippen LogP contribution in [0.2, 0.25) is 0 Å². The topological polar surface area (TPSA) is 21.3 Å². The summed E-state index contributed by atoms with van der Waals surface area (Å²) in [6.45, 7) is 9.90. The summed E-state index contributed by atoms with van der Waals surface area (Å²) in [7, 11) is 1.74. The third kappa shape index (κ3) is 4.52. The van der Waals surface area contributed by atoms with E-state index in [1.54, 1.807) is 7.11 Å². The number of ether oxygens (including phenoxy) is 1. The predicted octanol–water partition coefficient (Wildman–Crippen LogP) is 4.87. The van der Waals surface area contributed by atoms with Crippen LogP contribution in [-0.4, -0.2) is 13.7 Å². The minimum Gasteiger partial charge on any atom is -0.496 e. The van der Waals surface area contributed by atoms with Gasteiger partial charge in [-0.05, 0) is 49.4 Å². The maximum Gasteiger partial charge on any atom is 0.121 e. The van der Waals surface area contributed by atoms with Gasteiger partial charge in [0, 0.05) is 6.04 Å². The summed E-state index contributed by atoms with van der Waals surface area (Å²) in [4.78, 5) is 0. The quantitative estimate of drug-likeness (QED) is 0.695. The molecule has 0 heterocycles. The van der Waals surface area contributed by atoms with Crippen LogP contribution in [0, 0.1) is 12.8 Å². The Morgan fingerprint density at radius 3 is 2.20 bits per heavy atom. The number of hydrogen-bond acceptors (Lipinski definition) is 2. The summed E-state index contributed by atoms with van der Waals surface area (Å²) in [5, 5.41) is 3.69. The molecule has 1 aromatic carbocycles. The van der Waals surface area contributed by atoms with Crippen molar-refractivity contribution < 1.29 is 4.74 Å². The normalized spacial score (nSPS) is 12.7. The van der Waals surface area contributed by atoms with E-state index in [0.29, 0.717) is 6.04 Å². The lowest BCUT2D eigenvalue weighted by atomic mass is 9.85. The Morgan fingerprint density at radius 1 is 1.10 bits per heavy atom. The van der Waals surface area contributed by atoms with Crippen LogP contribution < -0.4 is 10.1 Å². The van der Waals surface area contributed by atoms with Crippen molar-refractivity contribution in [2.75, 3.05) is 13.7 Å². The van der Waals surface area contributed by atoms with Crippen molar-refractivity contribution in [3.8, 4) is 5.75 Å². The van der Waals surface area contributed by atoms with E-state index in [2.05, 4.69) is 51.2 Å². The van der Waals surface area contributed by atoms with E-state index in [-0.39, 0.29) is 0 Å². The highest BCUT2D eigenvalue weighted by atomic mass is 16.5. The van der Waals surface area contributed by atoms with Crippen LogP contribution in [0.4, 0.5) is 0 Å². The maximum atomic E-state index is 5.37. The molecule has 0 amide bonds. The lowest BCUT2D eigenvalue weighted by Gasteiger charge is -2.28. The number of rotatable bonds is 9. The molecule has 1 N–H and O–H groups in total. The molecule has 114 valence electrons. The zero-order chi connectivity index (χ0) is 15.0. The first kappa shape index (κ1) is 17.0. The summed E-state index contributed by atoms with van der Waals surface area (Å²) in [5.74, 6) is 1.70. The minimum absolute atomic E-state index is 0.463. The van der Waals surface area contributed by atoms with Gasteiger partial charge in [-0.3, -0.25) is 0 Å². The fraction of sp³-hybridized carbons (Fsp3) is 0.667. The van der Waals surface area contributed by atoms with Crippen molar-refractivity contribution >= 4 is 0 Å². The lowest BCUT2D eigenvalue weighted by Crippen LogP contribution is -2.28. The minimum atomic E-state index is 0.463. The van der Waals surface area contributed by atoms with Gasteiger partial charge in [0.15, 0.2) is 0 Å². The van der Waals surface area contributed by atoms with Gasteiger partial charge in [0.25, 0.3) is 0 Å². The van der Waals surface area contributed by atoms with Crippen LogP contribution in [0.5, 0.6) is 5.75 Å². The largest absolute Gasteiger partial charge is 0.496 e. The molecule has 2 heteroatoms. The SMILES string of the molecule is CCCC(CCC)C(NCC)c1ccc(OC)c(C)c1. The molecule has 0 saturated carbocycles. The highest BCUT2D eigenvalue weighted by Crippen LogP contribution is 2.32. The smallest absolute Gasteiger partial charge is 0.121 e. The van der Waals surface area contributed by atoms with E-state index in [9.17, 15) is 0 Å². The van der Waals surface area contributed by atoms with Crippen LogP contribution in [0.25, 0.3) is 0 Å². The summed E-state index contributed by atoms with van der Waals surface area (Å²) >= 11 is 0. The maximum absolute atomic E-state index is 5.37. The number of aryl methyl sites for hydroxylation is 1. The zero-order valence-corrected chi connectivity index (χ0v) is 13.8. The average Bonchev–Trinajstić information content (AvgIpc) is 2.44. The molecule has 1 unspecified atom stereocenters. The number of hydrogen-bond donors (Lipinski definition) is 1. The molecule has 0 radical (unpaired) electrons. The van der Waals surface area contributed by atoms with E-state index in [0.717, 1.165) is 18.2 Å². The average molecular weight is 277 g/mol. The molecular formula is C18H31NO. The van der Waals surface area contributed by atoms with E-state index in [1.807, 2.05) is 0 Å². The Kier molecular flexibility index (Phi) is 7.68. The molecule has 0 bridgehead atoms. The molecule has 20 heavy (non-hydrogen) atoms. The Balaban J connectivity index is 3.01. The first-order valence-electron chi connectivity index (χ1n) is 8.05. The van der Waals surface area contributed by atoms with Gasteiger partial charge in [-0.15, -0.1) is 0 Å². The van der Waals surface area contributed by atoms with Crippen LogP contribution in [0.1, 0.15) is 63.6 Å². The second-order valence-corrected chi connectivity index (χ2v) is 5.60. The Morgan fingerprint density at radius 2 is 1.75 bits per heavy atom. The van der Waals surface area contributed by atoms with Crippen LogP contribution in [-0.2, 0) is 0 Å². The van der Waals surface area contributed by atoms with Crippen LogP contribution in [0.15, 0.2) is 18.2 Å². The van der Waals surface area contributed by atoms with Crippen molar-refractivity contribution in [1.29, 1.82) is 0 Å². The Bertz CT molecular complexity index is 383. The van der Waals surface area contributed by atoms with Gasteiger partial charge in [-0.25, -0.2) is 0 Å². The monoisotopic (exact) mass is 277 g/mol. The van der Waals surface area contributed by atoms with Gasteiger partial charge in [-0.1, -0.05) is 45.7 Å². The molecule has 1 atom stereocenters. The molecule has 2 nitrogen and oxygen atoms in total. The number of benzene rings is 1. The molecule has 0 spiro atoms. The Hall–Kier alpha value is -1.02. The second kappa shape index (κ2) is 9.02. The standard InChI is InChI=1S/C18H31NO/c1-6-9-15(10-7-2)18(19-8-3)16-11-12-17(20-5)14(4)13-16/h11-13,15,18-19H,6-10H2,1-5H3. The zero-order valence-electron chi connectivity index (χ0n) is 13.8. The molecule has 0 fully saturated rings. The Labute approximate surface area is 124 Å². The van der Waals surface area contributed by atoms with E-state index in [1.165, 1.54) is 36.8 Å². The summed E-state index contributed by atoms with van der Waals surface area (Å²) in [6, 6.07) is 7.07. The van der Waals surface area contributed by atoms with Crippen molar-refractivity contribution in [2.45, 2.75) is 59.4 Å². The van der Waals surface area contributed by atoms with E-state index < -0.39 is 0 Å². The van der Waals surface area contributed by atoms with Gasteiger partial charge in [0.05, 0.1) is 7.11 Å². The van der Waals surface area contributed by atoms with E-state index in [4.69, 9.17) is 4.74 Å². The fourth-order valence-electron chi connectivity index (χ4n) is 3.09. The van der Waals surface area contributed by atoms with Crippen LogP contribution in [0.3, 0.4) is 0 Å². The molecule has 1 rings (SSSR count). The fourth-order valence-corrected chi connectivity index (χ4v) is 3.09. The van der Waals surface area contributed by atoms with Crippen LogP contribution >= 0.6 is 0 Å². The first-order chi connectivity index (χ1) is 9.67. The molecule has 0 aliphatic rings. The molecule has 0 saturated heterocycles. The van der Waals surface area contributed by atoms with Crippen molar-refractivity contribution in [2.24, 2.45) is 5.92 Å². The van der Waals surface area contributed by atoms with Gasteiger partial charge in [0.2, 0.25) is 0 Å². The molecular weight excluding hydrogens is 246 g/mol. The van der Waals surface area contributed by atoms with Crippen molar-refractivity contribution in [3.63, 3.8) is 0 Å². The predicted molar refractivity (Wildman–Crippen MR) is 87.5 cm³/mol. The summed E-state index contributed by atoms with van der Waals surface area (Å²) in [6.07, 6.45) is 5.08. The van der Waals surface area contributed by atoms with Gasteiger partial charge in [-0.2, -0.15) is 0 Å². The first-order valence-corrected chi connectivity index (χ1v) is 8.05. The lowest BCUT2D eigenvalue weighted by molar-refractivity contribution is 0.320. The van der Waals surface area contributed by atoms with Gasteiger partial charge < -0.3 is 10.1 Å². The highest BCUT2D eigenvalue weighted by molar-refractivity contribution is 5.37. The third-order valence-electron chi connectivity index (χ3n) is 3.99. The summed E-state index contributed by atoms with van der Waals surface area (Å²) < 4.78 is 5.37. The summed E-state index contributed by atoms with van der Waals surface area (Å²) in [5.41, 5.74) is 2.62.